The summed E-state index contributed by atoms with van der Waals surface area (Å²) in [6.07, 6.45) is 5.03. The van der Waals surface area contributed by atoms with Gasteiger partial charge in [0.05, 0.1) is 0 Å². The second-order valence-corrected chi connectivity index (χ2v) is 8.07. The van der Waals surface area contributed by atoms with Crippen LogP contribution in [-0.2, 0) is 22.6 Å². The number of carbonyl (C=O) groups excluding carboxylic acids is 2. The molecule has 1 aliphatic carbocycles. The Morgan fingerprint density at radius 1 is 1.13 bits per heavy atom. The Kier molecular flexibility index (Phi) is 8.04. The normalized spacial score (nSPS) is 14.8. The number of nitrogens with zero attached hydrogens (tertiary/aromatic N) is 1. The van der Waals surface area contributed by atoms with Crippen LogP contribution in [-0.4, -0.2) is 35.4 Å². The molecule has 6 heteroatoms. The van der Waals surface area contributed by atoms with Gasteiger partial charge in [0.2, 0.25) is 5.91 Å². The molecular formula is C25H31FN2O3. The molecule has 0 heterocycles. The number of carbonyl (C=O) groups is 2. The van der Waals surface area contributed by atoms with E-state index in [9.17, 15) is 14.0 Å². The molecule has 0 radical (unpaired) electrons. The molecule has 1 atom stereocenters. The number of aryl methyl sites for hydroxylation is 1. The Balaban J connectivity index is 1.70. The Morgan fingerprint density at radius 3 is 2.45 bits per heavy atom. The van der Waals surface area contributed by atoms with Gasteiger partial charge in [-0.25, -0.2) is 4.39 Å². The summed E-state index contributed by atoms with van der Waals surface area (Å²) < 4.78 is 19.9. The van der Waals surface area contributed by atoms with Crippen molar-refractivity contribution in [3.8, 4) is 5.75 Å². The molecule has 2 aromatic rings. The van der Waals surface area contributed by atoms with Crippen molar-refractivity contribution >= 4 is 11.8 Å². The second-order valence-electron chi connectivity index (χ2n) is 8.07. The highest BCUT2D eigenvalue weighted by Crippen LogP contribution is 2.19. The fourth-order valence-corrected chi connectivity index (χ4v) is 3.83. The van der Waals surface area contributed by atoms with Crippen molar-refractivity contribution in [2.45, 2.75) is 64.6 Å². The van der Waals surface area contributed by atoms with Gasteiger partial charge in [-0.15, -0.1) is 0 Å². The molecule has 1 saturated carbocycles. The summed E-state index contributed by atoms with van der Waals surface area (Å²) in [6.45, 7) is 3.53. The monoisotopic (exact) mass is 426 g/mol. The minimum Gasteiger partial charge on any atom is -0.484 e. The third-order valence-corrected chi connectivity index (χ3v) is 5.86. The highest BCUT2D eigenvalue weighted by Gasteiger charge is 2.29. The molecule has 3 rings (SSSR count). The van der Waals surface area contributed by atoms with Crippen LogP contribution in [0.5, 0.6) is 5.75 Å². The number of hydrogen-bond donors (Lipinski definition) is 1. The van der Waals surface area contributed by atoms with Crippen molar-refractivity contribution < 1.29 is 18.7 Å². The minimum absolute atomic E-state index is 0.00287. The minimum atomic E-state index is -0.737. The SMILES string of the molecule is CCc1ccc(OCC(=O)N(Cc2ccccc2F)[C@H](C)C(=O)NC2CCCC2)cc1. The van der Waals surface area contributed by atoms with Crippen molar-refractivity contribution in [3.05, 3.63) is 65.5 Å². The zero-order valence-electron chi connectivity index (χ0n) is 18.3. The summed E-state index contributed by atoms with van der Waals surface area (Å²) in [6, 6.07) is 13.3. The van der Waals surface area contributed by atoms with Crippen molar-refractivity contribution in [2.75, 3.05) is 6.61 Å². The molecule has 1 aliphatic rings. The first kappa shape index (κ1) is 22.8. The molecule has 1 N–H and O–H groups in total. The number of benzene rings is 2. The van der Waals surface area contributed by atoms with Crippen molar-refractivity contribution in [1.82, 2.24) is 10.2 Å². The smallest absolute Gasteiger partial charge is 0.261 e. The van der Waals surface area contributed by atoms with E-state index in [1.54, 1.807) is 25.1 Å². The maximum Gasteiger partial charge on any atom is 0.261 e. The average molecular weight is 427 g/mol. The predicted octanol–water partition coefficient (Wildman–Crippen LogP) is 4.24. The van der Waals surface area contributed by atoms with Crippen LogP contribution in [0, 0.1) is 5.82 Å². The molecule has 31 heavy (non-hydrogen) atoms. The van der Waals surface area contributed by atoms with E-state index in [0.29, 0.717) is 11.3 Å². The molecular weight excluding hydrogens is 395 g/mol. The molecule has 166 valence electrons. The van der Waals surface area contributed by atoms with Gasteiger partial charge in [0.15, 0.2) is 6.61 Å². The number of ether oxygens (including phenoxy) is 1. The molecule has 5 nitrogen and oxygen atoms in total. The fourth-order valence-electron chi connectivity index (χ4n) is 3.83. The zero-order valence-corrected chi connectivity index (χ0v) is 18.3. The molecule has 0 aliphatic heterocycles. The fraction of sp³-hybridized carbons (Fsp3) is 0.440. The topological polar surface area (TPSA) is 58.6 Å². The van der Waals surface area contributed by atoms with Gasteiger partial charge in [0.25, 0.3) is 5.91 Å². The summed E-state index contributed by atoms with van der Waals surface area (Å²) in [5.74, 6) is -0.403. The summed E-state index contributed by atoms with van der Waals surface area (Å²) >= 11 is 0. The first-order valence-electron chi connectivity index (χ1n) is 11.0. The van der Waals surface area contributed by atoms with Crippen LogP contribution >= 0.6 is 0 Å². The van der Waals surface area contributed by atoms with Gasteiger partial charge in [0.1, 0.15) is 17.6 Å². The van der Waals surface area contributed by atoms with E-state index < -0.39 is 11.9 Å². The van der Waals surface area contributed by atoms with E-state index >= 15 is 0 Å². The van der Waals surface area contributed by atoms with Crippen LogP contribution in [0.3, 0.4) is 0 Å². The standard InChI is InChI=1S/C25H31FN2O3/c1-3-19-12-14-22(15-13-19)31-17-24(29)28(16-20-8-4-7-11-23(20)26)18(2)25(30)27-21-9-5-6-10-21/h4,7-8,11-15,18,21H,3,5-6,9-10,16-17H2,1-2H3,(H,27,30)/t18-/m1/s1. The Labute approximate surface area is 183 Å². The Bertz CT molecular complexity index is 879. The predicted molar refractivity (Wildman–Crippen MR) is 118 cm³/mol. The molecule has 1 fully saturated rings. The number of amides is 2. The first-order chi connectivity index (χ1) is 15.0. The van der Waals surface area contributed by atoms with Gasteiger partial charge in [-0.1, -0.05) is 50.1 Å². The Hall–Kier alpha value is -2.89. The van der Waals surface area contributed by atoms with Crippen LogP contribution in [0.1, 0.15) is 50.7 Å². The molecule has 0 aromatic heterocycles. The second kappa shape index (κ2) is 10.9. The highest BCUT2D eigenvalue weighted by molar-refractivity contribution is 5.88. The van der Waals surface area contributed by atoms with E-state index in [-0.39, 0.29) is 31.0 Å². The van der Waals surface area contributed by atoms with Gasteiger partial charge < -0.3 is 15.0 Å². The molecule has 0 saturated heterocycles. The van der Waals surface area contributed by atoms with Crippen molar-refractivity contribution in [3.63, 3.8) is 0 Å². The number of nitrogens with one attached hydrogen (secondary N) is 1. The number of halogens is 1. The maximum atomic E-state index is 14.3. The summed E-state index contributed by atoms with van der Waals surface area (Å²) in [4.78, 5) is 27.3. The van der Waals surface area contributed by atoms with Crippen molar-refractivity contribution in [2.24, 2.45) is 0 Å². The zero-order chi connectivity index (χ0) is 22.2. The first-order valence-corrected chi connectivity index (χ1v) is 11.0. The van der Waals surface area contributed by atoms with Gasteiger partial charge in [-0.2, -0.15) is 0 Å². The number of rotatable bonds is 9. The lowest BCUT2D eigenvalue weighted by atomic mass is 10.1. The van der Waals surface area contributed by atoms with Crippen LogP contribution in [0.25, 0.3) is 0 Å². The molecule has 0 bridgehead atoms. The van der Waals surface area contributed by atoms with Crippen LogP contribution in [0.2, 0.25) is 0 Å². The lowest BCUT2D eigenvalue weighted by molar-refractivity contribution is -0.142. The van der Waals surface area contributed by atoms with Crippen molar-refractivity contribution in [1.29, 1.82) is 0 Å². The maximum absolute atomic E-state index is 14.3. The summed E-state index contributed by atoms with van der Waals surface area (Å²) in [5, 5.41) is 3.03. The molecule has 2 amide bonds. The molecule has 0 spiro atoms. The van der Waals surface area contributed by atoms with E-state index in [4.69, 9.17) is 4.74 Å². The van der Waals surface area contributed by atoms with E-state index in [1.807, 2.05) is 24.3 Å². The van der Waals surface area contributed by atoms with E-state index in [2.05, 4.69) is 12.2 Å². The van der Waals surface area contributed by atoms with E-state index in [1.165, 1.54) is 16.5 Å². The van der Waals surface area contributed by atoms with Crippen LogP contribution in [0.4, 0.5) is 4.39 Å². The van der Waals surface area contributed by atoms with Gasteiger partial charge in [-0.3, -0.25) is 9.59 Å². The van der Waals surface area contributed by atoms with Crippen LogP contribution in [0.15, 0.2) is 48.5 Å². The lowest BCUT2D eigenvalue weighted by Gasteiger charge is -2.29. The van der Waals surface area contributed by atoms with Gasteiger partial charge in [0, 0.05) is 18.2 Å². The highest BCUT2D eigenvalue weighted by atomic mass is 19.1. The summed E-state index contributed by atoms with van der Waals surface area (Å²) in [5.41, 5.74) is 1.54. The third-order valence-electron chi connectivity index (χ3n) is 5.86. The van der Waals surface area contributed by atoms with Gasteiger partial charge >= 0.3 is 0 Å². The van der Waals surface area contributed by atoms with Gasteiger partial charge in [-0.05, 0) is 49.9 Å². The third kappa shape index (κ3) is 6.29. The lowest BCUT2D eigenvalue weighted by Crippen LogP contribution is -2.50. The average Bonchev–Trinajstić information content (AvgIpc) is 3.30. The number of hydrogen-bond acceptors (Lipinski definition) is 3. The van der Waals surface area contributed by atoms with Crippen LogP contribution < -0.4 is 10.1 Å². The largest absolute Gasteiger partial charge is 0.484 e. The van der Waals surface area contributed by atoms with E-state index in [0.717, 1.165) is 32.1 Å². The summed E-state index contributed by atoms with van der Waals surface area (Å²) in [7, 11) is 0. The Morgan fingerprint density at radius 2 is 1.81 bits per heavy atom. The molecule has 2 aromatic carbocycles. The quantitative estimate of drug-likeness (QED) is 0.652. The molecule has 0 unspecified atom stereocenters.